The smallest absolute Gasteiger partial charge is 0.411 e. The molecule has 1 heterocycles. The molecule has 2 unspecified atom stereocenters. The molecule has 1 aliphatic rings. The number of carboxylic acid groups (broad SMARTS) is 2. The summed E-state index contributed by atoms with van der Waals surface area (Å²) in [4.78, 5) is 35.1. The van der Waals surface area contributed by atoms with Crippen molar-refractivity contribution in [2.24, 2.45) is 0 Å². The van der Waals surface area contributed by atoms with E-state index in [4.69, 9.17) is 14.9 Å². The Balaban J connectivity index is 3.00. The lowest BCUT2D eigenvalue weighted by atomic mass is 10.2. The van der Waals surface area contributed by atoms with Crippen LogP contribution in [0.25, 0.3) is 0 Å². The maximum absolute atomic E-state index is 12.0. The van der Waals surface area contributed by atoms with E-state index >= 15 is 0 Å². The highest BCUT2D eigenvalue weighted by molar-refractivity contribution is 7.99. The average Bonchev–Trinajstić information content (AvgIpc) is 2.25. The fourth-order valence-electron chi connectivity index (χ4n) is 1.62. The number of aliphatic carboxylic acids is 2. The van der Waals surface area contributed by atoms with Gasteiger partial charge in [-0.05, 0) is 20.8 Å². The lowest BCUT2D eigenvalue weighted by Crippen LogP contribution is -2.59. The fraction of sp³-hybridized carbons (Fsp3) is 0.727. The predicted octanol–water partition coefficient (Wildman–Crippen LogP) is 0.877. The first-order valence-corrected chi connectivity index (χ1v) is 6.83. The van der Waals surface area contributed by atoms with E-state index in [1.54, 1.807) is 20.8 Å². The lowest BCUT2D eigenvalue weighted by molar-refractivity contribution is -0.149. The summed E-state index contributed by atoms with van der Waals surface area (Å²) >= 11 is 1.20. The Labute approximate surface area is 114 Å². The third-order valence-electron chi connectivity index (χ3n) is 2.40. The minimum atomic E-state index is -1.23. The second kappa shape index (κ2) is 5.68. The number of carboxylic acids is 2. The van der Waals surface area contributed by atoms with Crippen LogP contribution in [0.5, 0.6) is 0 Å². The number of amides is 1. The zero-order chi connectivity index (χ0) is 14.8. The minimum Gasteiger partial charge on any atom is -0.480 e. The molecular formula is C11H17NO6S. The molecule has 1 saturated heterocycles. The van der Waals surface area contributed by atoms with Crippen LogP contribution in [-0.4, -0.2) is 62.3 Å². The van der Waals surface area contributed by atoms with Gasteiger partial charge in [0, 0.05) is 11.5 Å². The van der Waals surface area contributed by atoms with E-state index in [1.165, 1.54) is 11.8 Å². The first kappa shape index (κ1) is 15.6. The topological polar surface area (TPSA) is 104 Å². The first-order valence-electron chi connectivity index (χ1n) is 5.68. The second-order valence-electron chi connectivity index (χ2n) is 5.13. The fourth-order valence-corrected chi connectivity index (χ4v) is 2.81. The number of hydrogen-bond acceptors (Lipinski definition) is 5. The molecule has 1 amide bonds. The maximum atomic E-state index is 12.0. The number of nitrogens with zero attached hydrogens (tertiary/aromatic N) is 1. The Kier molecular flexibility index (Phi) is 4.67. The number of ether oxygens (including phenoxy) is 1. The van der Waals surface area contributed by atoms with Gasteiger partial charge in [0.15, 0.2) is 0 Å². The average molecular weight is 291 g/mol. The van der Waals surface area contributed by atoms with Gasteiger partial charge in [-0.15, -0.1) is 0 Å². The quantitative estimate of drug-likeness (QED) is 0.778. The Hall–Kier alpha value is -1.44. The normalized spacial score (nSPS) is 23.8. The standard InChI is InChI=1S/C11H17NO6S/c1-11(2,3)18-10(17)12-6(8(13)14)4-19-5-7(12)9(15)16/h6-7H,4-5H2,1-3H3,(H,13,14)(H,15,16). The maximum Gasteiger partial charge on any atom is 0.411 e. The van der Waals surface area contributed by atoms with Crippen LogP contribution < -0.4 is 0 Å². The van der Waals surface area contributed by atoms with E-state index in [-0.39, 0.29) is 11.5 Å². The number of rotatable bonds is 2. The molecule has 0 spiro atoms. The van der Waals surface area contributed by atoms with Crippen LogP contribution in [-0.2, 0) is 14.3 Å². The van der Waals surface area contributed by atoms with E-state index in [2.05, 4.69) is 0 Å². The Morgan fingerprint density at radius 3 is 1.84 bits per heavy atom. The van der Waals surface area contributed by atoms with Crippen molar-refractivity contribution in [3.8, 4) is 0 Å². The molecule has 0 aromatic carbocycles. The van der Waals surface area contributed by atoms with Gasteiger partial charge in [0.05, 0.1) is 0 Å². The predicted molar refractivity (Wildman–Crippen MR) is 68.2 cm³/mol. The summed E-state index contributed by atoms with van der Waals surface area (Å²) in [5, 5.41) is 18.2. The van der Waals surface area contributed by atoms with E-state index in [0.717, 1.165) is 4.90 Å². The Morgan fingerprint density at radius 2 is 1.53 bits per heavy atom. The van der Waals surface area contributed by atoms with Gasteiger partial charge in [-0.3, -0.25) is 4.90 Å². The lowest BCUT2D eigenvalue weighted by Gasteiger charge is -2.38. The Morgan fingerprint density at radius 1 is 1.11 bits per heavy atom. The highest BCUT2D eigenvalue weighted by Crippen LogP contribution is 2.25. The zero-order valence-corrected chi connectivity index (χ0v) is 11.8. The Bertz CT molecular complexity index is 369. The van der Waals surface area contributed by atoms with Crippen LogP contribution in [0, 0.1) is 0 Å². The summed E-state index contributed by atoms with van der Waals surface area (Å²) in [6.45, 7) is 4.90. The van der Waals surface area contributed by atoms with E-state index in [9.17, 15) is 14.4 Å². The highest BCUT2D eigenvalue weighted by atomic mass is 32.2. The SMILES string of the molecule is CC(C)(C)OC(=O)N1C(C(=O)O)CSCC1C(=O)O. The van der Waals surface area contributed by atoms with Crippen molar-refractivity contribution in [1.29, 1.82) is 0 Å². The van der Waals surface area contributed by atoms with Crippen molar-refractivity contribution in [1.82, 2.24) is 4.90 Å². The largest absolute Gasteiger partial charge is 0.480 e. The van der Waals surface area contributed by atoms with Crippen LogP contribution in [0.1, 0.15) is 20.8 Å². The summed E-state index contributed by atoms with van der Waals surface area (Å²) in [5.41, 5.74) is -0.812. The van der Waals surface area contributed by atoms with Crippen LogP contribution >= 0.6 is 11.8 Å². The molecule has 7 nitrogen and oxygen atoms in total. The van der Waals surface area contributed by atoms with Gasteiger partial charge < -0.3 is 14.9 Å². The molecule has 2 atom stereocenters. The van der Waals surface area contributed by atoms with Gasteiger partial charge in [-0.1, -0.05) is 0 Å². The molecule has 8 heteroatoms. The molecule has 1 fully saturated rings. The molecular weight excluding hydrogens is 274 g/mol. The van der Waals surface area contributed by atoms with Gasteiger partial charge in [0.1, 0.15) is 17.7 Å². The van der Waals surface area contributed by atoms with Gasteiger partial charge >= 0.3 is 18.0 Å². The third kappa shape index (κ3) is 4.02. The van der Waals surface area contributed by atoms with Gasteiger partial charge in [0.2, 0.25) is 0 Å². The van der Waals surface area contributed by atoms with E-state index in [0.29, 0.717) is 0 Å². The van der Waals surface area contributed by atoms with Crippen LogP contribution in [0.15, 0.2) is 0 Å². The first-order chi connectivity index (χ1) is 8.63. The van der Waals surface area contributed by atoms with E-state index in [1.807, 2.05) is 0 Å². The molecule has 1 rings (SSSR count). The summed E-state index contributed by atoms with van der Waals surface area (Å²) < 4.78 is 5.09. The van der Waals surface area contributed by atoms with Crippen molar-refractivity contribution in [3.05, 3.63) is 0 Å². The molecule has 0 bridgehead atoms. The van der Waals surface area contributed by atoms with E-state index < -0.39 is 35.7 Å². The molecule has 2 N–H and O–H groups in total. The summed E-state index contributed by atoms with van der Waals surface area (Å²) in [6.07, 6.45) is -0.910. The van der Waals surface area contributed by atoms with Crippen LogP contribution in [0.4, 0.5) is 4.79 Å². The monoisotopic (exact) mass is 291 g/mol. The molecule has 108 valence electrons. The van der Waals surface area contributed by atoms with Crippen molar-refractivity contribution in [2.75, 3.05) is 11.5 Å². The molecule has 0 radical (unpaired) electrons. The van der Waals surface area contributed by atoms with Crippen molar-refractivity contribution in [3.63, 3.8) is 0 Å². The van der Waals surface area contributed by atoms with Crippen molar-refractivity contribution < 1.29 is 29.3 Å². The van der Waals surface area contributed by atoms with Gasteiger partial charge in [0.25, 0.3) is 0 Å². The second-order valence-corrected chi connectivity index (χ2v) is 6.21. The molecule has 0 aliphatic carbocycles. The molecule has 19 heavy (non-hydrogen) atoms. The number of thioether (sulfide) groups is 1. The number of carbonyl (C=O) groups excluding carboxylic acids is 1. The molecule has 0 saturated carbocycles. The summed E-state index contributed by atoms with van der Waals surface area (Å²) in [6, 6.07) is -2.37. The minimum absolute atomic E-state index is 0.151. The van der Waals surface area contributed by atoms with Crippen molar-refractivity contribution >= 4 is 29.8 Å². The number of hydrogen-bond donors (Lipinski definition) is 2. The zero-order valence-electron chi connectivity index (χ0n) is 11.0. The van der Waals surface area contributed by atoms with Crippen LogP contribution in [0.3, 0.4) is 0 Å². The highest BCUT2D eigenvalue weighted by Gasteiger charge is 2.44. The van der Waals surface area contributed by atoms with Gasteiger partial charge in [-0.2, -0.15) is 11.8 Å². The molecule has 0 aromatic heterocycles. The van der Waals surface area contributed by atoms with Gasteiger partial charge in [-0.25, -0.2) is 14.4 Å². The third-order valence-corrected chi connectivity index (χ3v) is 3.50. The van der Waals surface area contributed by atoms with Crippen LogP contribution in [0.2, 0.25) is 0 Å². The molecule has 0 aromatic rings. The van der Waals surface area contributed by atoms with Crippen molar-refractivity contribution in [2.45, 2.75) is 38.5 Å². The summed E-state index contributed by atoms with van der Waals surface area (Å²) in [7, 11) is 0. The number of carbonyl (C=O) groups is 3. The summed E-state index contributed by atoms with van der Waals surface area (Å²) in [5.74, 6) is -2.16. The molecule has 1 aliphatic heterocycles.